The summed E-state index contributed by atoms with van der Waals surface area (Å²) < 4.78 is 5.22. The molecule has 0 aromatic rings. The highest BCUT2D eigenvalue weighted by atomic mass is 16.5. The lowest BCUT2D eigenvalue weighted by atomic mass is 9.98. The van der Waals surface area contributed by atoms with Gasteiger partial charge in [-0.1, -0.05) is 27.2 Å². The van der Waals surface area contributed by atoms with Crippen LogP contribution in [0.1, 0.15) is 53.4 Å². The summed E-state index contributed by atoms with van der Waals surface area (Å²) in [6.45, 7) is 10.7. The summed E-state index contributed by atoms with van der Waals surface area (Å²) >= 11 is 0. The molecule has 2 atom stereocenters. The summed E-state index contributed by atoms with van der Waals surface area (Å²) in [5, 5.41) is 3.50. The van der Waals surface area contributed by atoms with E-state index in [1.807, 2.05) is 6.92 Å². The highest BCUT2D eigenvalue weighted by Gasteiger charge is 2.32. The van der Waals surface area contributed by atoms with Gasteiger partial charge in [0.25, 0.3) is 0 Å². The van der Waals surface area contributed by atoms with Crippen LogP contribution < -0.4 is 5.32 Å². The Balaban J connectivity index is 2.64. The first-order valence-corrected chi connectivity index (χ1v) is 7.75. The fraction of sp³-hybridized carbons (Fsp3) is 0.933. The first-order chi connectivity index (χ1) is 9.10. The molecule has 0 bridgehead atoms. The van der Waals surface area contributed by atoms with Crippen molar-refractivity contribution >= 4 is 5.97 Å². The Kier molecular flexibility index (Phi) is 7.39. The standard InChI is InChI=1S/C15H30N2O2/c1-5-14(15(18)19-6-2)17-10-8-7-9-13(17)11-16-12(3)4/h12-14,16H,5-11H2,1-4H3. The quantitative estimate of drug-likeness (QED) is 0.720. The Hall–Kier alpha value is -0.610. The molecule has 1 fully saturated rings. The molecule has 0 amide bonds. The Morgan fingerprint density at radius 3 is 2.68 bits per heavy atom. The van der Waals surface area contributed by atoms with Crippen LogP contribution in [-0.4, -0.2) is 48.7 Å². The van der Waals surface area contributed by atoms with Gasteiger partial charge in [-0.25, -0.2) is 0 Å². The van der Waals surface area contributed by atoms with Gasteiger partial charge in [0.15, 0.2) is 0 Å². The average Bonchev–Trinajstić information content (AvgIpc) is 2.38. The van der Waals surface area contributed by atoms with Crippen molar-refractivity contribution in [3.63, 3.8) is 0 Å². The molecule has 0 aromatic heterocycles. The zero-order valence-corrected chi connectivity index (χ0v) is 12.9. The van der Waals surface area contributed by atoms with Gasteiger partial charge in [-0.15, -0.1) is 0 Å². The lowest BCUT2D eigenvalue weighted by Gasteiger charge is -2.40. The number of likely N-dealkylation sites (tertiary alicyclic amines) is 1. The second kappa shape index (κ2) is 8.54. The molecule has 112 valence electrons. The normalized spacial score (nSPS) is 22.5. The molecule has 19 heavy (non-hydrogen) atoms. The summed E-state index contributed by atoms with van der Waals surface area (Å²) in [7, 11) is 0. The second-order valence-electron chi connectivity index (χ2n) is 5.63. The van der Waals surface area contributed by atoms with Crippen molar-refractivity contribution in [2.24, 2.45) is 0 Å². The molecule has 1 saturated heterocycles. The minimum atomic E-state index is -0.0702. The van der Waals surface area contributed by atoms with E-state index in [0.29, 0.717) is 18.7 Å². The third-order valence-corrected chi connectivity index (χ3v) is 3.78. The summed E-state index contributed by atoms with van der Waals surface area (Å²) in [4.78, 5) is 14.4. The van der Waals surface area contributed by atoms with Gasteiger partial charge in [0.2, 0.25) is 0 Å². The van der Waals surface area contributed by atoms with E-state index in [1.54, 1.807) is 0 Å². The van der Waals surface area contributed by atoms with E-state index in [9.17, 15) is 4.79 Å². The van der Waals surface area contributed by atoms with E-state index in [4.69, 9.17) is 4.74 Å². The van der Waals surface area contributed by atoms with Crippen molar-refractivity contribution in [1.29, 1.82) is 0 Å². The van der Waals surface area contributed by atoms with E-state index < -0.39 is 0 Å². The summed E-state index contributed by atoms with van der Waals surface area (Å²) in [5.41, 5.74) is 0. The van der Waals surface area contributed by atoms with Crippen LogP contribution in [0.15, 0.2) is 0 Å². The maximum atomic E-state index is 12.1. The molecule has 1 N–H and O–H groups in total. The van der Waals surface area contributed by atoms with Gasteiger partial charge in [0.1, 0.15) is 6.04 Å². The fourth-order valence-corrected chi connectivity index (χ4v) is 2.80. The Labute approximate surface area is 117 Å². The van der Waals surface area contributed by atoms with E-state index >= 15 is 0 Å². The molecule has 1 rings (SSSR count). The summed E-state index contributed by atoms with van der Waals surface area (Å²) in [5.74, 6) is -0.0542. The molecular formula is C15H30N2O2. The molecule has 0 aromatic carbocycles. The van der Waals surface area contributed by atoms with Crippen LogP contribution in [0.4, 0.5) is 0 Å². The first-order valence-electron chi connectivity index (χ1n) is 7.75. The van der Waals surface area contributed by atoms with E-state index in [-0.39, 0.29) is 12.0 Å². The van der Waals surface area contributed by atoms with Gasteiger partial charge in [0, 0.05) is 18.6 Å². The van der Waals surface area contributed by atoms with Gasteiger partial charge in [-0.3, -0.25) is 9.69 Å². The third-order valence-electron chi connectivity index (χ3n) is 3.78. The van der Waals surface area contributed by atoms with Crippen molar-refractivity contribution in [3.05, 3.63) is 0 Å². The van der Waals surface area contributed by atoms with Crippen molar-refractivity contribution in [2.75, 3.05) is 19.7 Å². The maximum Gasteiger partial charge on any atom is 0.323 e. The zero-order valence-electron chi connectivity index (χ0n) is 12.9. The number of esters is 1. The molecule has 0 spiro atoms. The molecule has 2 unspecified atom stereocenters. The summed E-state index contributed by atoms with van der Waals surface area (Å²) in [6, 6.07) is 0.885. The molecule has 0 radical (unpaired) electrons. The molecule has 4 heteroatoms. The number of hydrogen-bond acceptors (Lipinski definition) is 4. The second-order valence-corrected chi connectivity index (χ2v) is 5.63. The number of carbonyl (C=O) groups excluding carboxylic acids is 1. The predicted molar refractivity (Wildman–Crippen MR) is 78.2 cm³/mol. The van der Waals surface area contributed by atoms with Crippen LogP contribution in [-0.2, 0) is 9.53 Å². The van der Waals surface area contributed by atoms with Crippen LogP contribution in [0.2, 0.25) is 0 Å². The van der Waals surface area contributed by atoms with Crippen LogP contribution in [0, 0.1) is 0 Å². The zero-order chi connectivity index (χ0) is 14.3. The number of piperidine rings is 1. The van der Waals surface area contributed by atoms with Crippen LogP contribution >= 0.6 is 0 Å². The van der Waals surface area contributed by atoms with Gasteiger partial charge in [-0.05, 0) is 32.7 Å². The Bertz CT molecular complexity index is 269. The van der Waals surface area contributed by atoms with Crippen LogP contribution in [0.5, 0.6) is 0 Å². The van der Waals surface area contributed by atoms with E-state index in [0.717, 1.165) is 19.5 Å². The minimum Gasteiger partial charge on any atom is -0.465 e. The SMILES string of the molecule is CCOC(=O)C(CC)N1CCCCC1CNC(C)C. The lowest BCUT2D eigenvalue weighted by Crippen LogP contribution is -2.54. The van der Waals surface area contributed by atoms with E-state index in [1.165, 1.54) is 19.3 Å². The van der Waals surface area contributed by atoms with Crippen molar-refractivity contribution in [3.8, 4) is 0 Å². The monoisotopic (exact) mass is 270 g/mol. The minimum absolute atomic E-state index is 0.0542. The van der Waals surface area contributed by atoms with Crippen molar-refractivity contribution in [2.45, 2.75) is 71.5 Å². The number of ether oxygens (including phenoxy) is 1. The number of nitrogens with zero attached hydrogens (tertiary/aromatic N) is 1. The first kappa shape index (κ1) is 16.4. The molecule has 4 nitrogen and oxygen atoms in total. The van der Waals surface area contributed by atoms with Gasteiger partial charge < -0.3 is 10.1 Å². The average molecular weight is 270 g/mol. The highest BCUT2D eigenvalue weighted by Crippen LogP contribution is 2.21. The highest BCUT2D eigenvalue weighted by molar-refractivity contribution is 5.75. The van der Waals surface area contributed by atoms with Crippen molar-refractivity contribution in [1.82, 2.24) is 10.2 Å². The number of rotatable bonds is 7. The molecule has 0 saturated carbocycles. The fourth-order valence-electron chi connectivity index (χ4n) is 2.80. The molecule has 0 aliphatic carbocycles. The topological polar surface area (TPSA) is 41.6 Å². The van der Waals surface area contributed by atoms with Gasteiger partial charge in [-0.2, -0.15) is 0 Å². The Morgan fingerprint density at radius 1 is 1.37 bits per heavy atom. The predicted octanol–water partition coefficient (Wildman–Crippen LogP) is 2.18. The Morgan fingerprint density at radius 2 is 2.11 bits per heavy atom. The molecule has 1 aliphatic heterocycles. The van der Waals surface area contributed by atoms with E-state index in [2.05, 4.69) is 31.0 Å². The number of carbonyl (C=O) groups is 1. The molecule has 1 heterocycles. The molecule has 1 aliphatic rings. The molecular weight excluding hydrogens is 240 g/mol. The van der Waals surface area contributed by atoms with Crippen LogP contribution in [0.3, 0.4) is 0 Å². The third kappa shape index (κ3) is 5.11. The van der Waals surface area contributed by atoms with Gasteiger partial charge >= 0.3 is 5.97 Å². The lowest BCUT2D eigenvalue weighted by molar-refractivity contribution is -0.151. The van der Waals surface area contributed by atoms with Gasteiger partial charge in [0.05, 0.1) is 6.61 Å². The largest absolute Gasteiger partial charge is 0.465 e. The maximum absolute atomic E-state index is 12.1. The van der Waals surface area contributed by atoms with Crippen LogP contribution in [0.25, 0.3) is 0 Å². The smallest absolute Gasteiger partial charge is 0.323 e. The summed E-state index contributed by atoms with van der Waals surface area (Å²) in [6.07, 6.45) is 4.46. The number of hydrogen-bond donors (Lipinski definition) is 1. The number of nitrogens with one attached hydrogen (secondary N) is 1. The van der Waals surface area contributed by atoms with Crippen molar-refractivity contribution < 1.29 is 9.53 Å².